The largest absolute Gasteiger partial charge is 0.337 e. The van der Waals surface area contributed by atoms with Crippen LogP contribution >= 0.6 is 0 Å². The molecule has 0 unspecified atom stereocenters. The molecule has 1 amide bonds. The van der Waals surface area contributed by atoms with E-state index in [2.05, 4.69) is 14.5 Å². The van der Waals surface area contributed by atoms with Crippen molar-refractivity contribution in [2.75, 3.05) is 24.5 Å². The topological polar surface area (TPSA) is 41.4 Å². The Kier molecular flexibility index (Phi) is 3.45. The van der Waals surface area contributed by atoms with Crippen molar-refractivity contribution in [3.05, 3.63) is 48.5 Å². The molecule has 2 aliphatic heterocycles. The van der Waals surface area contributed by atoms with Crippen molar-refractivity contribution >= 4 is 11.6 Å². The molecule has 0 bridgehead atoms. The van der Waals surface area contributed by atoms with Crippen LogP contribution in [0.3, 0.4) is 0 Å². The van der Waals surface area contributed by atoms with Gasteiger partial charge in [-0.05, 0) is 25.1 Å². The average Bonchev–Trinajstić information content (AvgIpc) is 3.22. The second kappa shape index (κ2) is 5.49. The van der Waals surface area contributed by atoms with Crippen LogP contribution in [0.15, 0.2) is 42.7 Å². The highest BCUT2D eigenvalue weighted by Crippen LogP contribution is 2.42. The summed E-state index contributed by atoms with van der Waals surface area (Å²) in [4.78, 5) is 21.3. The molecule has 3 heterocycles. The maximum atomic E-state index is 12.5. The monoisotopic (exact) mass is 310 g/mol. The molecule has 1 spiro atoms. The zero-order valence-corrected chi connectivity index (χ0v) is 13.5. The number of aromatic nitrogens is 2. The second-order valence-electron chi connectivity index (χ2n) is 6.91. The van der Waals surface area contributed by atoms with Crippen LogP contribution < -0.4 is 4.90 Å². The van der Waals surface area contributed by atoms with Crippen LogP contribution in [0.2, 0.25) is 0 Å². The molecular weight excluding hydrogens is 288 g/mol. The van der Waals surface area contributed by atoms with Gasteiger partial charge in [0.2, 0.25) is 5.91 Å². The number of aryl methyl sites for hydroxylation is 1. The minimum atomic E-state index is 0.109. The summed E-state index contributed by atoms with van der Waals surface area (Å²) in [5.74, 6) is 1.35. The molecule has 0 aliphatic carbocycles. The standard InChI is InChI=1S/C18H22N4O/c1-20-10-8-19-16(20)12-21-9-7-18(13-21)11-17(23)22(14-18)15-5-3-2-4-6-15/h2-6,8,10H,7,9,11-14H2,1H3/t18-/m1/s1. The molecule has 0 N–H and O–H groups in total. The van der Waals surface area contributed by atoms with E-state index in [0.717, 1.165) is 44.1 Å². The molecule has 23 heavy (non-hydrogen) atoms. The van der Waals surface area contributed by atoms with Gasteiger partial charge in [-0.1, -0.05) is 18.2 Å². The van der Waals surface area contributed by atoms with E-state index in [1.165, 1.54) is 0 Å². The lowest BCUT2D eigenvalue weighted by molar-refractivity contribution is -0.117. The molecular formula is C18H22N4O. The Bertz CT molecular complexity index is 711. The predicted molar refractivity (Wildman–Crippen MR) is 88.9 cm³/mol. The number of carbonyl (C=O) groups excluding carboxylic acids is 1. The first kappa shape index (κ1) is 14.5. The number of nitrogens with zero attached hydrogens (tertiary/aromatic N) is 4. The van der Waals surface area contributed by atoms with Gasteiger partial charge in [0.05, 0.1) is 6.54 Å². The highest BCUT2D eigenvalue weighted by molar-refractivity contribution is 5.96. The first-order valence-electron chi connectivity index (χ1n) is 8.19. The Morgan fingerprint density at radius 2 is 2.04 bits per heavy atom. The van der Waals surface area contributed by atoms with E-state index in [1.807, 2.05) is 54.7 Å². The Morgan fingerprint density at radius 3 is 2.78 bits per heavy atom. The van der Waals surface area contributed by atoms with Crippen molar-refractivity contribution in [2.45, 2.75) is 19.4 Å². The molecule has 4 rings (SSSR count). The normalized spacial score (nSPS) is 24.9. The van der Waals surface area contributed by atoms with Crippen LogP contribution in [-0.4, -0.2) is 40.0 Å². The first-order chi connectivity index (χ1) is 11.2. The van der Waals surface area contributed by atoms with Gasteiger partial charge in [0.25, 0.3) is 0 Å². The molecule has 0 saturated carbocycles. The summed E-state index contributed by atoms with van der Waals surface area (Å²) in [7, 11) is 2.03. The number of carbonyl (C=O) groups is 1. The van der Waals surface area contributed by atoms with Gasteiger partial charge in [-0.15, -0.1) is 0 Å². The van der Waals surface area contributed by atoms with Crippen LogP contribution in [0.4, 0.5) is 5.69 Å². The number of likely N-dealkylation sites (tertiary alicyclic amines) is 1. The Balaban J connectivity index is 1.46. The third kappa shape index (κ3) is 2.65. The molecule has 1 aromatic heterocycles. The molecule has 2 aromatic rings. The SMILES string of the molecule is Cn1ccnc1CN1CC[C@@]2(CC(=O)N(c3ccccc3)C2)C1. The van der Waals surface area contributed by atoms with E-state index in [-0.39, 0.29) is 11.3 Å². The lowest BCUT2D eigenvalue weighted by Gasteiger charge is -2.24. The van der Waals surface area contributed by atoms with Crippen LogP contribution in [0, 0.1) is 5.41 Å². The second-order valence-corrected chi connectivity index (χ2v) is 6.91. The van der Waals surface area contributed by atoms with Crippen LogP contribution in [0.25, 0.3) is 0 Å². The fourth-order valence-electron chi connectivity index (χ4n) is 3.92. The van der Waals surface area contributed by atoms with Crippen LogP contribution in [-0.2, 0) is 18.4 Å². The summed E-state index contributed by atoms with van der Waals surface area (Å²) in [5, 5.41) is 0. The third-order valence-corrected chi connectivity index (χ3v) is 5.19. The fraction of sp³-hybridized carbons (Fsp3) is 0.444. The predicted octanol–water partition coefficient (Wildman–Crippen LogP) is 2.05. The molecule has 0 radical (unpaired) electrons. The summed E-state index contributed by atoms with van der Waals surface area (Å²) in [6.45, 7) is 3.73. The first-order valence-corrected chi connectivity index (χ1v) is 8.19. The number of amides is 1. The van der Waals surface area contributed by atoms with E-state index in [4.69, 9.17) is 0 Å². The summed E-state index contributed by atoms with van der Waals surface area (Å²) in [6, 6.07) is 10.0. The van der Waals surface area contributed by atoms with Crippen molar-refractivity contribution in [2.24, 2.45) is 12.5 Å². The van der Waals surface area contributed by atoms with E-state index in [9.17, 15) is 4.79 Å². The number of imidazole rings is 1. The molecule has 2 fully saturated rings. The van der Waals surface area contributed by atoms with Crippen LogP contribution in [0.5, 0.6) is 0 Å². The molecule has 1 atom stereocenters. The smallest absolute Gasteiger partial charge is 0.227 e. The van der Waals surface area contributed by atoms with E-state index >= 15 is 0 Å². The van der Waals surface area contributed by atoms with Crippen molar-refractivity contribution in [1.29, 1.82) is 0 Å². The third-order valence-electron chi connectivity index (χ3n) is 5.19. The number of para-hydroxylation sites is 1. The minimum absolute atomic E-state index is 0.109. The molecule has 2 aliphatic rings. The maximum Gasteiger partial charge on any atom is 0.227 e. The Hall–Kier alpha value is -2.14. The van der Waals surface area contributed by atoms with E-state index in [0.29, 0.717) is 6.42 Å². The number of hydrogen-bond donors (Lipinski definition) is 0. The van der Waals surface area contributed by atoms with E-state index < -0.39 is 0 Å². The molecule has 1 aromatic carbocycles. The zero-order chi connectivity index (χ0) is 15.9. The highest BCUT2D eigenvalue weighted by atomic mass is 16.2. The number of rotatable bonds is 3. The summed E-state index contributed by atoms with van der Waals surface area (Å²) in [6.07, 6.45) is 5.58. The highest BCUT2D eigenvalue weighted by Gasteiger charge is 2.47. The van der Waals surface area contributed by atoms with Gasteiger partial charge in [-0.3, -0.25) is 9.69 Å². The van der Waals surface area contributed by atoms with Crippen molar-refractivity contribution in [3.63, 3.8) is 0 Å². The summed E-state index contributed by atoms with van der Waals surface area (Å²) in [5.41, 5.74) is 1.13. The fourth-order valence-corrected chi connectivity index (χ4v) is 3.92. The Labute approximate surface area is 136 Å². The van der Waals surface area contributed by atoms with Crippen molar-refractivity contribution in [1.82, 2.24) is 14.5 Å². The number of hydrogen-bond acceptors (Lipinski definition) is 3. The quantitative estimate of drug-likeness (QED) is 0.871. The van der Waals surface area contributed by atoms with Crippen molar-refractivity contribution in [3.8, 4) is 0 Å². The van der Waals surface area contributed by atoms with E-state index in [1.54, 1.807) is 0 Å². The molecule has 5 heteroatoms. The average molecular weight is 310 g/mol. The van der Waals surface area contributed by atoms with Crippen LogP contribution in [0.1, 0.15) is 18.7 Å². The maximum absolute atomic E-state index is 12.5. The van der Waals surface area contributed by atoms with Gasteiger partial charge >= 0.3 is 0 Å². The minimum Gasteiger partial charge on any atom is -0.337 e. The van der Waals surface area contributed by atoms with Gasteiger partial charge in [-0.25, -0.2) is 4.98 Å². The van der Waals surface area contributed by atoms with Gasteiger partial charge in [0.15, 0.2) is 0 Å². The van der Waals surface area contributed by atoms with Gasteiger partial charge in [-0.2, -0.15) is 0 Å². The van der Waals surface area contributed by atoms with Gasteiger partial charge in [0.1, 0.15) is 5.82 Å². The number of anilines is 1. The van der Waals surface area contributed by atoms with Gasteiger partial charge < -0.3 is 9.47 Å². The summed E-state index contributed by atoms with van der Waals surface area (Å²) >= 11 is 0. The Morgan fingerprint density at radius 1 is 1.22 bits per heavy atom. The lowest BCUT2D eigenvalue weighted by Crippen LogP contribution is -2.31. The van der Waals surface area contributed by atoms with Gasteiger partial charge in [0, 0.05) is 50.1 Å². The lowest BCUT2D eigenvalue weighted by atomic mass is 9.86. The molecule has 2 saturated heterocycles. The number of benzene rings is 1. The summed E-state index contributed by atoms with van der Waals surface area (Å²) < 4.78 is 2.07. The molecule has 5 nitrogen and oxygen atoms in total. The molecule has 120 valence electrons. The van der Waals surface area contributed by atoms with Crippen molar-refractivity contribution < 1.29 is 4.79 Å². The zero-order valence-electron chi connectivity index (χ0n) is 13.5.